The maximum absolute atomic E-state index is 12.7. The van der Waals surface area contributed by atoms with E-state index in [-0.39, 0.29) is 12.2 Å². The van der Waals surface area contributed by atoms with Gasteiger partial charge in [0.2, 0.25) is 12.2 Å². The first kappa shape index (κ1) is 17.2. The van der Waals surface area contributed by atoms with Crippen LogP contribution >= 0.6 is 0 Å². The standard InChI is InChI=1S/C20H24O6/c21-19(23-13-7-1-2-8-13)17-18(20(22)24-14-9-3-4-10-14)26-16-12-6-5-11-15(16)25-17/h5-6,11-14,17-18H,1-4,7-10H2. The highest BCUT2D eigenvalue weighted by molar-refractivity contribution is 5.87. The molecule has 1 aromatic carbocycles. The molecule has 26 heavy (non-hydrogen) atoms. The first-order valence-corrected chi connectivity index (χ1v) is 9.54. The summed E-state index contributed by atoms with van der Waals surface area (Å²) >= 11 is 0. The summed E-state index contributed by atoms with van der Waals surface area (Å²) in [6, 6.07) is 7.00. The van der Waals surface area contributed by atoms with Crippen LogP contribution in [0.5, 0.6) is 11.5 Å². The molecule has 0 spiro atoms. The number of benzene rings is 1. The molecule has 0 radical (unpaired) electrons. The normalized spacial score (nSPS) is 25.8. The van der Waals surface area contributed by atoms with Crippen LogP contribution in [0.25, 0.3) is 0 Å². The molecule has 0 N–H and O–H groups in total. The Morgan fingerprint density at radius 1 is 0.731 bits per heavy atom. The fourth-order valence-corrected chi connectivity index (χ4v) is 3.86. The van der Waals surface area contributed by atoms with E-state index in [0.717, 1.165) is 51.4 Å². The van der Waals surface area contributed by atoms with E-state index >= 15 is 0 Å². The zero-order valence-electron chi connectivity index (χ0n) is 14.7. The predicted molar refractivity (Wildman–Crippen MR) is 92.0 cm³/mol. The summed E-state index contributed by atoms with van der Waals surface area (Å²) in [4.78, 5) is 25.4. The third-order valence-electron chi connectivity index (χ3n) is 5.27. The van der Waals surface area contributed by atoms with Gasteiger partial charge >= 0.3 is 11.9 Å². The molecule has 2 atom stereocenters. The van der Waals surface area contributed by atoms with Gasteiger partial charge in [-0.1, -0.05) is 12.1 Å². The van der Waals surface area contributed by atoms with Crippen LogP contribution in [0.4, 0.5) is 0 Å². The highest BCUT2D eigenvalue weighted by Gasteiger charge is 2.45. The second-order valence-corrected chi connectivity index (χ2v) is 7.21. The lowest BCUT2D eigenvalue weighted by Gasteiger charge is -2.32. The number of hydrogen-bond acceptors (Lipinski definition) is 6. The molecule has 0 bridgehead atoms. The van der Waals surface area contributed by atoms with Gasteiger partial charge in [-0.15, -0.1) is 0 Å². The molecule has 2 fully saturated rings. The van der Waals surface area contributed by atoms with Gasteiger partial charge < -0.3 is 18.9 Å². The summed E-state index contributed by atoms with van der Waals surface area (Å²) in [7, 11) is 0. The average Bonchev–Trinajstić information content (AvgIpc) is 3.34. The SMILES string of the molecule is O=C(OC1CCCC1)C1Oc2ccccc2OC1C(=O)OC1CCCC1. The Hall–Kier alpha value is -2.24. The first-order chi connectivity index (χ1) is 12.7. The van der Waals surface area contributed by atoms with E-state index in [1.165, 1.54) is 0 Å². The summed E-state index contributed by atoms with van der Waals surface area (Å²) < 4.78 is 22.7. The van der Waals surface area contributed by atoms with Crippen molar-refractivity contribution in [2.24, 2.45) is 0 Å². The van der Waals surface area contributed by atoms with E-state index in [1.807, 2.05) is 0 Å². The van der Waals surface area contributed by atoms with Gasteiger partial charge in [0, 0.05) is 0 Å². The van der Waals surface area contributed by atoms with Crippen LogP contribution in [0.1, 0.15) is 51.4 Å². The van der Waals surface area contributed by atoms with E-state index in [1.54, 1.807) is 24.3 Å². The Balaban J connectivity index is 1.51. The van der Waals surface area contributed by atoms with Gasteiger partial charge in [-0.05, 0) is 63.5 Å². The Morgan fingerprint density at radius 3 is 1.50 bits per heavy atom. The molecule has 3 aliphatic rings. The fraction of sp³-hybridized carbons (Fsp3) is 0.600. The van der Waals surface area contributed by atoms with Gasteiger partial charge in [-0.3, -0.25) is 0 Å². The quantitative estimate of drug-likeness (QED) is 0.768. The molecule has 140 valence electrons. The molecule has 6 nitrogen and oxygen atoms in total. The number of esters is 2. The molecule has 4 rings (SSSR count). The maximum Gasteiger partial charge on any atom is 0.352 e. The van der Waals surface area contributed by atoms with Crippen molar-refractivity contribution < 1.29 is 28.5 Å². The maximum atomic E-state index is 12.7. The summed E-state index contributed by atoms with van der Waals surface area (Å²) in [5, 5.41) is 0. The number of hydrogen-bond donors (Lipinski definition) is 0. The molecule has 0 amide bonds. The van der Waals surface area contributed by atoms with Crippen molar-refractivity contribution in [3.63, 3.8) is 0 Å². The molecule has 1 heterocycles. The number of para-hydroxylation sites is 2. The van der Waals surface area contributed by atoms with Crippen LogP contribution in [0.3, 0.4) is 0 Å². The first-order valence-electron chi connectivity index (χ1n) is 9.54. The van der Waals surface area contributed by atoms with E-state index in [9.17, 15) is 9.59 Å². The van der Waals surface area contributed by atoms with E-state index in [0.29, 0.717) is 11.5 Å². The van der Waals surface area contributed by atoms with Gasteiger partial charge in [0.25, 0.3) is 0 Å². The monoisotopic (exact) mass is 360 g/mol. The van der Waals surface area contributed by atoms with Gasteiger partial charge in [-0.2, -0.15) is 0 Å². The number of carbonyl (C=O) groups excluding carboxylic acids is 2. The lowest BCUT2D eigenvalue weighted by atomic mass is 10.1. The molecule has 2 unspecified atom stereocenters. The number of rotatable bonds is 4. The summed E-state index contributed by atoms with van der Waals surface area (Å²) in [5.74, 6) is -0.240. The van der Waals surface area contributed by atoms with Gasteiger partial charge in [0.15, 0.2) is 11.5 Å². The Morgan fingerprint density at radius 2 is 1.12 bits per heavy atom. The van der Waals surface area contributed by atoms with Crippen molar-refractivity contribution in [3.05, 3.63) is 24.3 Å². The van der Waals surface area contributed by atoms with Crippen LogP contribution in [0, 0.1) is 0 Å². The molecule has 1 aromatic rings. The van der Waals surface area contributed by atoms with Gasteiger partial charge in [-0.25, -0.2) is 9.59 Å². The molecule has 0 aromatic heterocycles. The lowest BCUT2D eigenvalue weighted by molar-refractivity contribution is -0.177. The van der Waals surface area contributed by atoms with E-state index in [2.05, 4.69) is 0 Å². The van der Waals surface area contributed by atoms with E-state index in [4.69, 9.17) is 18.9 Å². The summed E-state index contributed by atoms with van der Waals surface area (Å²) in [6.07, 6.45) is 5.14. The van der Waals surface area contributed by atoms with Crippen molar-refractivity contribution in [1.29, 1.82) is 0 Å². The predicted octanol–water partition coefficient (Wildman–Crippen LogP) is 3.17. The second kappa shape index (κ2) is 7.56. The number of ether oxygens (including phenoxy) is 4. The topological polar surface area (TPSA) is 71.1 Å². The number of carbonyl (C=O) groups is 2. The highest BCUT2D eigenvalue weighted by atomic mass is 16.6. The molecule has 6 heteroatoms. The molecule has 2 aliphatic carbocycles. The largest absolute Gasteiger partial charge is 0.470 e. The number of fused-ring (bicyclic) bond motifs is 1. The average molecular weight is 360 g/mol. The van der Waals surface area contributed by atoms with Crippen molar-refractivity contribution in [3.8, 4) is 11.5 Å². The van der Waals surface area contributed by atoms with Crippen LogP contribution in [0.15, 0.2) is 24.3 Å². The molecular formula is C20H24O6. The van der Waals surface area contributed by atoms with Gasteiger partial charge in [0.1, 0.15) is 12.2 Å². The zero-order chi connectivity index (χ0) is 17.9. The highest BCUT2D eigenvalue weighted by Crippen LogP contribution is 2.35. The molecular weight excluding hydrogens is 336 g/mol. The fourth-order valence-electron chi connectivity index (χ4n) is 3.86. The van der Waals surface area contributed by atoms with Gasteiger partial charge in [0.05, 0.1) is 0 Å². The Kier molecular flexibility index (Phi) is 5.00. The van der Waals surface area contributed by atoms with Crippen molar-refractivity contribution >= 4 is 11.9 Å². The lowest BCUT2D eigenvalue weighted by Crippen LogP contribution is -2.52. The minimum absolute atomic E-state index is 0.102. The zero-order valence-corrected chi connectivity index (χ0v) is 14.7. The summed E-state index contributed by atoms with van der Waals surface area (Å²) in [6.45, 7) is 0. The minimum Gasteiger partial charge on any atom is -0.470 e. The van der Waals surface area contributed by atoms with Crippen molar-refractivity contribution in [1.82, 2.24) is 0 Å². The smallest absolute Gasteiger partial charge is 0.352 e. The molecule has 1 aliphatic heterocycles. The van der Waals surface area contributed by atoms with Crippen molar-refractivity contribution in [2.45, 2.75) is 75.8 Å². The van der Waals surface area contributed by atoms with E-state index < -0.39 is 24.1 Å². The van der Waals surface area contributed by atoms with Crippen LogP contribution in [-0.4, -0.2) is 36.4 Å². The third-order valence-corrected chi connectivity index (χ3v) is 5.27. The van der Waals surface area contributed by atoms with Crippen LogP contribution < -0.4 is 9.47 Å². The Labute approximate surface area is 152 Å². The molecule has 2 saturated carbocycles. The molecule has 0 saturated heterocycles. The van der Waals surface area contributed by atoms with Crippen LogP contribution in [0.2, 0.25) is 0 Å². The second-order valence-electron chi connectivity index (χ2n) is 7.21. The minimum atomic E-state index is -1.14. The third kappa shape index (κ3) is 3.64. The van der Waals surface area contributed by atoms with Crippen molar-refractivity contribution in [2.75, 3.05) is 0 Å². The Bertz CT molecular complexity index is 603. The summed E-state index contributed by atoms with van der Waals surface area (Å²) in [5.41, 5.74) is 0. The van der Waals surface area contributed by atoms with Crippen LogP contribution in [-0.2, 0) is 19.1 Å².